The van der Waals surface area contributed by atoms with E-state index in [1.807, 2.05) is 0 Å². The van der Waals surface area contributed by atoms with Crippen molar-refractivity contribution in [3.63, 3.8) is 0 Å². The first-order valence-electron chi connectivity index (χ1n) is 5.34. The standard InChI is InChI=1S/C10H12N3O4S/c14-13(15)10-4-2-1-3-9(10)11-12-5-7-18(16,17)8-6-12/h1,3-4,11H,5-8H2. The molecule has 7 nitrogen and oxygen atoms in total. The Kier molecular flexibility index (Phi) is 3.48. The van der Waals surface area contributed by atoms with Crippen molar-refractivity contribution >= 4 is 21.2 Å². The zero-order valence-electron chi connectivity index (χ0n) is 9.50. The quantitative estimate of drug-likeness (QED) is 0.633. The molecule has 1 aliphatic rings. The van der Waals surface area contributed by atoms with Crippen molar-refractivity contribution < 1.29 is 13.3 Å². The molecule has 0 aliphatic carbocycles. The van der Waals surface area contributed by atoms with Gasteiger partial charge in [0.15, 0.2) is 9.84 Å². The van der Waals surface area contributed by atoms with Crippen molar-refractivity contribution in [3.8, 4) is 0 Å². The molecule has 1 heterocycles. The summed E-state index contributed by atoms with van der Waals surface area (Å²) in [5, 5.41) is 12.5. The van der Waals surface area contributed by atoms with Crippen molar-refractivity contribution in [1.82, 2.24) is 5.01 Å². The van der Waals surface area contributed by atoms with Gasteiger partial charge in [0.05, 0.1) is 16.4 Å². The van der Waals surface area contributed by atoms with Crippen LogP contribution in [0.5, 0.6) is 0 Å². The summed E-state index contributed by atoms with van der Waals surface area (Å²) in [6.45, 7) is 0.635. The van der Waals surface area contributed by atoms with E-state index in [1.165, 1.54) is 6.07 Å². The molecule has 0 amide bonds. The summed E-state index contributed by atoms with van der Waals surface area (Å²) in [4.78, 5) is 10.3. The Morgan fingerprint density at radius 1 is 1.39 bits per heavy atom. The molecule has 0 spiro atoms. The molecular weight excluding hydrogens is 258 g/mol. The number of hydrogen-bond donors (Lipinski definition) is 1. The highest BCUT2D eigenvalue weighted by Gasteiger charge is 2.23. The van der Waals surface area contributed by atoms with E-state index in [1.54, 1.807) is 17.1 Å². The maximum absolute atomic E-state index is 11.3. The summed E-state index contributed by atoms with van der Waals surface area (Å²) in [5.74, 6) is 0.125. The zero-order chi connectivity index (χ0) is 13.2. The molecule has 1 aromatic rings. The van der Waals surface area contributed by atoms with Crippen molar-refractivity contribution in [2.75, 3.05) is 30.0 Å². The highest BCUT2D eigenvalue weighted by Crippen LogP contribution is 2.23. The number of benzene rings is 1. The van der Waals surface area contributed by atoms with Crippen LogP contribution in [0.2, 0.25) is 0 Å². The Labute approximate surface area is 104 Å². The first kappa shape index (κ1) is 12.8. The van der Waals surface area contributed by atoms with Gasteiger partial charge < -0.3 is 5.43 Å². The van der Waals surface area contributed by atoms with Crippen LogP contribution in [0.15, 0.2) is 18.2 Å². The van der Waals surface area contributed by atoms with E-state index in [0.29, 0.717) is 18.8 Å². The van der Waals surface area contributed by atoms with Gasteiger partial charge in [-0.15, -0.1) is 0 Å². The SMILES string of the molecule is O=[N+]([O-])c1c[c]ccc1NN1CCS(=O)(=O)CC1. The topological polar surface area (TPSA) is 92.6 Å². The molecule has 0 saturated carbocycles. The van der Waals surface area contributed by atoms with Crippen LogP contribution in [0.1, 0.15) is 0 Å². The fourth-order valence-electron chi connectivity index (χ4n) is 1.66. The van der Waals surface area contributed by atoms with E-state index in [2.05, 4.69) is 11.5 Å². The number of anilines is 1. The number of sulfone groups is 1. The Bertz CT molecular complexity index is 544. The average Bonchev–Trinajstić information content (AvgIpc) is 2.32. The molecule has 1 N–H and O–H groups in total. The van der Waals surface area contributed by atoms with Crippen LogP contribution in [0.3, 0.4) is 0 Å². The Morgan fingerprint density at radius 2 is 2.06 bits per heavy atom. The first-order chi connectivity index (χ1) is 8.48. The van der Waals surface area contributed by atoms with Gasteiger partial charge >= 0.3 is 0 Å². The molecular formula is C10H12N3O4S. The molecule has 18 heavy (non-hydrogen) atoms. The summed E-state index contributed by atoms with van der Waals surface area (Å²) >= 11 is 0. The maximum atomic E-state index is 11.3. The summed E-state index contributed by atoms with van der Waals surface area (Å²) in [6.07, 6.45) is 0. The molecule has 1 aromatic carbocycles. The van der Waals surface area contributed by atoms with E-state index in [9.17, 15) is 18.5 Å². The van der Waals surface area contributed by atoms with E-state index in [-0.39, 0.29) is 17.2 Å². The second-order valence-electron chi connectivity index (χ2n) is 3.95. The molecule has 1 radical (unpaired) electrons. The minimum Gasteiger partial charge on any atom is -0.313 e. The van der Waals surface area contributed by atoms with Crippen LogP contribution >= 0.6 is 0 Å². The number of hydrazine groups is 1. The lowest BCUT2D eigenvalue weighted by Gasteiger charge is -2.27. The van der Waals surface area contributed by atoms with Gasteiger partial charge in [0.2, 0.25) is 0 Å². The molecule has 0 bridgehead atoms. The number of hydrogen-bond acceptors (Lipinski definition) is 6. The first-order valence-corrected chi connectivity index (χ1v) is 7.16. The van der Waals surface area contributed by atoms with Crippen molar-refractivity contribution in [2.45, 2.75) is 0 Å². The van der Waals surface area contributed by atoms with Gasteiger partial charge in [-0.25, -0.2) is 13.4 Å². The third-order valence-corrected chi connectivity index (χ3v) is 4.27. The second kappa shape index (κ2) is 4.91. The smallest absolute Gasteiger partial charge is 0.294 e. The van der Waals surface area contributed by atoms with Crippen LogP contribution in [0.25, 0.3) is 0 Å². The fourth-order valence-corrected chi connectivity index (χ4v) is 2.86. The molecule has 0 aromatic heterocycles. The summed E-state index contributed by atoms with van der Waals surface area (Å²) < 4.78 is 22.5. The Morgan fingerprint density at radius 3 is 2.67 bits per heavy atom. The lowest BCUT2D eigenvalue weighted by Crippen LogP contribution is -2.43. The normalized spacial score (nSPS) is 19.3. The number of nitro groups is 1. The van der Waals surface area contributed by atoms with Gasteiger partial charge in [-0.05, 0) is 12.1 Å². The van der Waals surface area contributed by atoms with Crippen molar-refractivity contribution in [3.05, 3.63) is 34.4 Å². The molecule has 1 aliphatic heterocycles. The van der Waals surface area contributed by atoms with Crippen LogP contribution in [-0.2, 0) is 9.84 Å². The van der Waals surface area contributed by atoms with Crippen LogP contribution in [0.4, 0.5) is 11.4 Å². The highest BCUT2D eigenvalue weighted by atomic mass is 32.2. The van der Waals surface area contributed by atoms with E-state index in [4.69, 9.17) is 0 Å². The Hall–Kier alpha value is -1.67. The molecule has 1 fully saturated rings. The van der Waals surface area contributed by atoms with Gasteiger partial charge in [0.1, 0.15) is 5.69 Å². The summed E-state index contributed by atoms with van der Waals surface area (Å²) in [6, 6.07) is 7.03. The van der Waals surface area contributed by atoms with E-state index in [0.717, 1.165) is 0 Å². The summed E-state index contributed by atoms with van der Waals surface area (Å²) in [5.41, 5.74) is 3.14. The van der Waals surface area contributed by atoms with Gasteiger partial charge in [-0.2, -0.15) is 0 Å². The van der Waals surface area contributed by atoms with Gasteiger partial charge in [-0.1, -0.05) is 6.07 Å². The number of nitro benzene ring substituents is 1. The van der Waals surface area contributed by atoms with Gasteiger partial charge in [0.25, 0.3) is 5.69 Å². The van der Waals surface area contributed by atoms with E-state index < -0.39 is 14.8 Å². The predicted octanol–water partition coefficient (Wildman–Crippen LogP) is 0.452. The molecule has 2 rings (SSSR count). The van der Waals surface area contributed by atoms with Crippen LogP contribution in [-0.4, -0.2) is 42.9 Å². The lowest BCUT2D eigenvalue weighted by molar-refractivity contribution is -0.384. The molecule has 97 valence electrons. The minimum absolute atomic E-state index is 0.0623. The highest BCUT2D eigenvalue weighted by molar-refractivity contribution is 7.91. The molecule has 0 atom stereocenters. The molecule has 1 saturated heterocycles. The van der Waals surface area contributed by atoms with E-state index >= 15 is 0 Å². The fraction of sp³-hybridized carbons (Fsp3) is 0.400. The second-order valence-corrected chi connectivity index (χ2v) is 6.25. The third-order valence-electron chi connectivity index (χ3n) is 2.66. The Balaban J connectivity index is 2.09. The third kappa shape index (κ3) is 2.96. The van der Waals surface area contributed by atoms with Crippen molar-refractivity contribution in [1.29, 1.82) is 0 Å². The zero-order valence-corrected chi connectivity index (χ0v) is 10.3. The van der Waals surface area contributed by atoms with Gasteiger partial charge in [-0.3, -0.25) is 10.1 Å². The van der Waals surface area contributed by atoms with Crippen LogP contribution in [0, 0.1) is 16.2 Å². The maximum Gasteiger partial charge on any atom is 0.294 e. The molecule has 0 unspecified atom stereocenters. The largest absolute Gasteiger partial charge is 0.313 e. The van der Waals surface area contributed by atoms with Gasteiger partial charge in [0, 0.05) is 19.2 Å². The number of nitrogens with zero attached hydrogens (tertiary/aromatic N) is 2. The number of rotatable bonds is 3. The average molecular weight is 270 g/mol. The number of nitrogens with one attached hydrogen (secondary N) is 1. The van der Waals surface area contributed by atoms with Crippen molar-refractivity contribution in [2.24, 2.45) is 0 Å². The predicted molar refractivity (Wildman–Crippen MR) is 65.8 cm³/mol. The monoisotopic (exact) mass is 270 g/mol. The lowest BCUT2D eigenvalue weighted by atomic mass is 10.3. The summed E-state index contributed by atoms with van der Waals surface area (Å²) in [7, 11) is -2.96. The van der Waals surface area contributed by atoms with Crippen LogP contribution < -0.4 is 5.43 Å². The molecule has 8 heteroatoms. The minimum atomic E-state index is -2.96.